The number of thioether (sulfide) groups is 1. The van der Waals surface area contributed by atoms with Crippen molar-refractivity contribution in [1.82, 2.24) is 24.9 Å². The Balaban J connectivity index is 1.51. The average molecular weight is 458 g/mol. The summed E-state index contributed by atoms with van der Waals surface area (Å²) in [5, 5.41) is 14.2. The van der Waals surface area contributed by atoms with Crippen LogP contribution in [0, 0.1) is 0 Å². The Morgan fingerprint density at radius 2 is 1.87 bits per heavy atom. The second-order valence-corrected chi connectivity index (χ2v) is 7.80. The first kappa shape index (κ1) is 21.2. The van der Waals surface area contributed by atoms with E-state index in [1.807, 2.05) is 47.9 Å². The summed E-state index contributed by atoms with van der Waals surface area (Å²) in [6, 6.07) is 13.0. The minimum Gasteiger partial charge on any atom is -0.497 e. The minimum atomic E-state index is 0.453. The van der Waals surface area contributed by atoms with Crippen LogP contribution in [-0.4, -0.2) is 39.1 Å². The van der Waals surface area contributed by atoms with Crippen molar-refractivity contribution < 1.29 is 14.0 Å². The highest BCUT2D eigenvalue weighted by Crippen LogP contribution is 2.32. The highest BCUT2D eigenvalue weighted by atomic mass is 35.5. The molecule has 160 valence electrons. The van der Waals surface area contributed by atoms with Crippen LogP contribution in [0.2, 0.25) is 5.02 Å². The second kappa shape index (κ2) is 9.40. The van der Waals surface area contributed by atoms with E-state index in [0.29, 0.717) is 34.0 Å². The van der Waals surface area contributed by atoms with Crippen LogP contribution in [0.3, 0.4) is 0 Å². The number of hydrogen-bond donors (Lipinski definition) is 0. The molecule has 0 radical (unpaired) electrons. The second-order valence-electron chi connectivity index (χ2n) is 6.42. The van der Waals surface area contributed by atoms with E-state index in [9.17, 15) is 0 Å². The van der Waals surface area contributed by atoms with Crippen LogP contribution in [-0.2, 0) is 12.3 Å². The topological polar surface area (TPSA) is 88.1 Å². The van der Waals surface area contributed by atoms with E-state index in [2.05, 4.69) is 20.3 Å². The van der Waals surface area contributed by atoms with Gasteiger partial charge in [-0.3, -0.25) is 0 Å². The van der Waals surface area contributed by atoms with Gasteiger partial charge in [0.15, 0.2) is 11.0 Å². The van der Waals surface area contributed by atoms with Gasteiger partial charge < -0.3 is 18.6 Å². The van der Waals surface area contributed by atoms with Crippen LogP contribution in [0.1, 0.15) is 12.8 Å². The molecule has 8 nitrogen and oxygen atoms in total. The Morgan fingerprint density at radius 3 is 2.58 bits per heavy atom. The molecular formula is C21H20ClN5O3S. The lowest BCUT2D eigenvalue weighted by molar-refractivity contribution is 0.388. The van der Waals surface area contributed by atoms with E-state index < -0.39 is 0 Å². The number of rotatable bonds is 8. The predicted octanol–water partition coefficient (Wildman–Crippen LogP) is 4.98. The molecule has 0 saturated heterocycles. The van der Waals surface area contributed by atoms with Crippen molar-refractivity contribution in [3.8, 4) is 34.3 Å². The van der Waals surface area contributed by atoms with E-state index in [0.717, 1.165) is 28.7 Å². The van der Waals surface area contributed by atoms with Gasteiger partial charge in [-0.1, -0.05) is 28.5 Å². The Hall–Kier alpha value is -3.04. The number of halogens is 1. The van der Waals surface area contributed by atoms with Crippen LogP contribution < -0.4 is 9.47 Å². The van der Waals surface area contributed by atoms with Crippen LogP contribution in [0.4, 0.5) is 0 Å². The maximum absolute atomic E-state index is 5.99. The summed E-state index contributed by atoms with van der Waals surface area (Å²) in [7, 11) is 3.19. The van der Waals surface area contributed by atoms with Gasteiger partial charge in [-0.05, 0) is 43.3 Å². The molecule has 10 heteroatoms. The molecule has 4 rings (SSSR count). The molecule has 0 aliphatic heterocycles. The molecule has 0 spiro atoms. The molecule has 0 fully saturated rings. The molecular weight excluding hydrogens is 438 g/mol. The zero-order chi connectivity index (χ0) is 21.8. The summed E-state index contributed by atoms with van der Waals surface area (Å²) in [4.78, 5) is 4.50. The number of aromatic nitrogens is 5. The largest absolute Gasteiger partial charge is 0.497 e. The predicted molar refractivity (Wildman–Crippen MR) is 119 cm³/mol. The molecule has 0 N–H and O–H groups in total. The summed E-state index contributed by atoms with van der Waals surface area (Å²) < 4.78 is 18.1. The lowest BCUT2D eigenvalue weighted by Crippen LogP contribution is -1.99. The quantitative estimate of drug-likeness (QED) is 0.342. The highest BCUT2D eigenvalue weighted by Gasteiger charge is 2.17. The molecule has 0 unspecified atom stereocenters. The van der Waals surface area contributed by atoms with Crippen LogP contribution in [0.5, 0.6) is 11.5 Å². The van der Waals surface area contributed by atoms with Gasteiger partial charge in [0.1, 0.15) is 11.5 Å². The number of ether oxygens (including phenoxy) is 2. The van der Waals surface area contributed by atoms with Crippen LogP contribution in [0.25, 0.3) is 22.8 Å². The lowest BCUT2D eigenvalue weighted by atomic mass is 10.2. The molecule has 0 saturated carbocycles. The van der Waals surface area contributed by atoms with Crippen molar-refractivity contribution in [2.75, 3.05) is 14.2 Å². The van der Waals surface area contributed by atoms with E-state index >= 15 is 0 Å². The fourth-order valence-corrected chi connectivity index (χ4v) is 3.99. The summed E-state index contributed by atoms with van der Waals surface area (Å²) in [6.07, 6.45) is 0. The molecule has 0 amide bonds. The molecule has 0 aliphatic carbocycles. The standard InChI is InChI=1S/C21H20ClN5O3S/c1-4-27-20(13-5-7-14(22)8-6-13)24-25-21(27)31-12-18-23-19(26-30-18)16-10-9-15(28-2)11-17(16)29-3/h5-11H,4,12H2,1-3H3. The fraction of sp³-hybridized carbons (Fsp3) is 0.238. The Morgan fingerprint density at radius 1 is 1.06 bits per heavy atom. The van der Waals surface area contributed by atoms with Crippen molar-refractivity contribution in [2.45, 2.75) is 24.4 Å². The Labute approximate surface area is 188 Å². The van der Waals surface area contributed by atoms with E-state index in [1.165, 1.54) is 11.8 Å². The third-order valence-electron chi connectivity index (χ3n) is 4.58. The number of hydrogen-bond acceptors (Lipinski definition) is 8. The number of methoxy groups -OCH3 is 2. The summed E-state index contributed by atoms with van der Waals surface area (Å²) in [6.45, 7) is 2.78. The zero-order valence-electron chi connectivity index (χ0n) is 17.2. The molecule has 4 aromatic rings. The molecule has 31 heavy (non-hydrogen) atoms. The first-order valence-corrected chi connectivity index (χ1v) is 10.9. The maximum Gasteiger partial charge on any atom is 0.237 e. The molecule has 2 aromatic carbocycles. The van der Waals surface area contributed by atoms with Gasteiger partial charge in [-0.15, -0.1) is 10.2 Å². The van der Waals surface area contributed by atoms with Crippen LogP contribution in [0.15, 0.2) is 52.1 Å². The summed E-state index contributed by atoms with van der Waals surface area (Å²) in [5.41, 5.74) is 1.68. The van der Waals surface area contributed by atoms with Crippen molar-refractivity contribution >= 4 is 23.4 Å². The normalized spacial score (nSPS) is 11.0. The molecule has 2 heterocycles. The molecule has 2 aromatic heterocycles. The molecule has 0 aliphatic rings. The highest BCUT2D eigenvalue weighted by molar-refractivity contribution is 7.98. The van der Waals surface area contributed by atoms with Gasteiger partial charge in [0.05, 0.1) is 25.5 Å². The average Bonchev–Trinajstić information content (AvgIpc) is 3.44. The number of nitrogens with zero attached hydrogens (tertiary/aromatic N) is 5. The van der Waals surface area contributed by atoms with Gasteiger partial charge in [0.25, 0.3) is 0 Å². The molecule has 0 atom stereocenters. The van der Waals surface area contributed by atoms with Crippen molar-refractivity contribution in [2.24, 2.45) is 0 Å². The smallest absolute Gasteiger partial charge is 0.237 e. The third kappa shape index (κ3) is 4.52. The Bertz CT molecular complexity index is 1180. The van der Waals surface area contributed by atoms with Gasteiger partial charge in [0.2, 0.25) is 11.7 Å². The lowest BCUT2D eigenvalue weighted by Gasteiger charge is -2.07. The van der Waals surface area contributed by atoms with Gasteiger partial charge in [0, 0.05) is 23.2 Å². The summed E-state index contributed by atoms with van der Waals surface area (Å²) in [5.74, 6) is 3.49. The van der Waals surface area contributed by atoms with Gasteiger partial charge >= 0.3 is 0 Å². The van der Waals surface area contributed by atoms with Crippen molar-refractivity contribution in [1.29, 1.82) is 0 Å². The van der Waals surface area contributed by atoms with Gasteiger partial charge in [-0.25, -0.2) is 0 Å². The SMILES string of the molecule is CCn1c(SCc2nc(-c3ccc(OC)cc3OC)no2)nnc1-c1ccc(Cl)cc1. The fourth-order valence-electron chi connectivity index (χ4n) is 3.03. The maximum atomic E-state index is 5.99. The van der Waals surface area contributed by atoms with E-state index in [1.54, 1.807) is 20.3 Å². The first-order valence-electron chi connectivity index (χ1n) is 9.49. The Kier molecular flexibility index (Phi) is 6.43. The van der Waals surface area contributed by atoms with E-state index in [-0.39, 0.29) is 0 Å². The number of benzene rings is 2. The first-order chi connectivity index (χ1) is 15.1. The van der Waals surface area contributed by atoms with Crippen molar-refractivity contribution in [3.63, 3.8) is 0 Å². The van der Waals surface area contributed by atoms with E-state index in [4.69, 9.17) is 25.6 Å². The third-order valence-corrected chi connectivity index (χ3v) is 5.78. The monoisotopic (exact) mass is 457 g/mol. The minimum absolute atomic E-state index is 0.453. The molecule has 0 bridgehead atoms. The zero-order valence-corrected chi connectivity index (χ0v) is 18.8. The summed E-state index contributed by atoms with van der Waals surface area (Å²) >= 11 is 7.48. The van der Waals surface area contributed by atoms with Gasteiger partial charge in [-0.2, -0.15) is 4.98 Å². The van der Waals surface area contributed by atoms with Crippen molar-refractivity contribution in [3.05, 3.63) is 53.4 Å². The van der Waals surface area contributed by atoms with Crippen LogP contribution >= 0.6 is 23.4 Å².